The third kappa shape index (κ3) is 7.76. The fourth-order valence-corrected chi connectivity index (χ4v) is 5.31. The Hall–Kier alpha value is -3.48. The van der Waals surface area contributed by atoms with Crippen molar-refractivity contribution in [2.75, 3.05) is 13.7 Å². The molecule has 1 aromatic heterocycles. The number of amides is 1. The largest absolute Gasteiger partial charge is 0.497 e. The minimum atomic E-state index is -0.100. The Morgan fingerprint density at radius 1 is 0.947 bits per heavy atom. The Morgan fingerprint density at radius 3 is 2.16 bits per heavy atom. The maximum absolute atomic E-state index is 12.6. The zero-order valence-corrected chi connectivity index (χ0v) is 23.3. The SMILES string of the molecule is CCC(C)NC(=O)c1csc(CN(CCC(c2ccccc2)c2ccccc2)Cc2ccc(OC)cc2)n1. The van der Waals surface area contributed by atoms with Crippen molar-refractivity contribution >= 4 is 17.2 Å². The fourth-order valence-electron chi connectivity index (χ4n) is 4.49. The lowest BCUT2D eigenvalue weighted by Gasteiger charge is -2.25. The fraction of sp³-hybridized carbons (Fsp3) is 0.312. The second-order valence-electron chi connectivity index (χ2n) is 9.63. The molecule has 1 heterocycles. The number of rotatable bonds is 13. The van der Waals surface area contributed by atoms with Gasteiger partial charge in [-0.25, -0.2) is 4.98 Å². The Bertz CT molecular complexity index is 1220. The predicted molar refractivity (Wildman–Crippen MR) is 156 cm³/mol. The van der Waals surface area contributed by atoms with Gasteiger partial charge in [0.25, 0.3) is 5.91 Å². The topological polar surface area (TPSA) is 54.5 Å². The van der Waals surface area contributed by atoms with E-state index >= 15 is 0 Å². The van der Waals surface area contributed by atoms with Gasteiger partial charge in [0.05, 0.1) is 13.7 Å². The van der Waals surface area contributed by atoms with Crippen molar-refractivity contribution in [3.05, 3.63) is 118 Å². The molecule has 1 amide bonds. The third-order valence-electron chi connectivity index (χ3n) is 6.84. The normalized spacial score (nSPS) is 12.0. The van der Waals surface area contributed by atoms with Crippen LogP contribution in [0.4, 0.5) is 0 Å². The summed E-state index contributed by atoms with van der Waals surface area (Å²) in [6.07, 6.45) is 1.86. The van der Waals surface area contributed by atoms with Crippen molar-refractivity contribution in [3.63, 3.8) is 0 Å². The van der Waals surface area contributed by atoms with Gasteiger partial charge in [-0.3, -0.25) is 9.69 Å². The molecule has 0 aliphatic rings. The van der Waals surface area contributed by atoms with Gasteiger partial charge in [0, 0.05) is 23.9 Å². The average Bonchev–Trinajstić information content (AvgIpc) is 3.43. The van der Waals surface area contributed by atoms with Gasteiger partial charge in [-0.05, 0) is 55.1 Å². The zero-order valence-electron chi connectivity index (χ0n) is 22.5. The van der Waals surface area contributed by atoms with Gasteiger partial charge in [-0.2, -0.15) is 0 Å². The molecule has 38 heavy (non-hydrogen) atoms. The highest BCUT2D eigenvalue weighted by Crippen LogP contribution is 2.29. The molecule has 0 saturated carbocycles. The number of hydrogen-bond donors (Lipinski definition) is 1. The summed E-state index contributed by atoms with van der Waals surface area (Å²) in [5.74, 6) is 1.05. The zero-order chi connectivity index (χ0) is 26.7. The first-order valence-corrected chi connectivity index (χ1v) is 14.1. The quantitative estimate of drug-likeness (QED) is 0.205. The van der Waals surface area contributed by atoms with Crippen molar-refractivity contribution in [2.24, 2.45) is 0 Å². The van der Waals surface area contributed by atoms with Crippen molar-refractivity contribution in [1.29, 1.82) is 0 Å². The van der Waals surface area contributed by atoms with E-state index in [2.05, 4.69) is 89.9 Å². The first-order chi connectivity index (χ1) is 18.6. The van der Waals surface area contributed by atoms with Crippen molar-refractivity contribution in [2.45, 2.75) is 51.7 Å². The summed E-state index contributed by atoms with van der Waals surface area (Å²) in [4.78, 5) is 19.7. The number of ether oxygens (including phenoxy) is 1. The van der Waals surface area contributed by atoms with Gasteiger partial charge in [0.15, 0.2) is 0 Å². The molecule has 0 fully saturated rings. The van der Waals surface area contributed by atoms with Crippen LogP contribution in [0.1, 0.15) is 64.8 Å². The molecule has 0 aliphatic heterocycles. The van der Waals surface area contributed by atoms with Crippen LogP contribution in [0.3, 0.4) is 0 Å². The second-order valence-corrected chi connectivity index (χ2v) is 10.6. The van der Waals surface area contributed by atoms with Crippen LogP contribution in [0, 0.1) is 0 Å². The molecule has 0 radical (unpaired) electrons. The highest BCUT2D eigenvalue weighted by molar-refractivity contribution is 7.09. The molecule has 1 N–H and O–H groups in total. The number of methoxy groups -OCH3 is 1. The summed E-state index contributed by atoms with van der Waals surface area (Å²) < 4.78 is 5.35. The van der Waals surface area contributed by atoms with Crippen LogP contribution in [0.2, 0.25) is 0 Å². The number of aromatic nitrogens is 1. The monoisotopic (exact) mass is 527 g/mol. The number of thiazole rings is 1. The lowest BCUT2D eigenvalue weighted by Crippen LogP contribution is -2.32. The van der Waals surface area contributed by atoms with Gasteiger partial charge in [-0.15, -0.1) is 11.3 Å². The summed E-state index contributed by atoms with van der Waals surface area (Å²) >= 11 is 1.55. The molecule has 4 aromatic rings. The van der Waals surface area contributed by atoms with E-state index in [1.165, 1.54) is 16.7 Å². The van der Waals surface area contributed by atoms with Crippen molar-refractivity contribution in [3.8, 4) is 5.75 Å². The highest BCUT2D eigenvalue weighted by Gasteiger charge is 2.19. The summed E-state index contributed by atoms with van der Waals surface area (Å²) in [6.45, 7) is 6.43. The molecule has 0 spiro atoms. The summed E-state index contributed by atoms with van der Waals surface area (Å²) in [6, 6.07) is 29.8. The molecule has 1 unspecified atom stereocenters. The smallest absolute Gasteiger partial charge is 0.270 e. The Labute approximate surface area is 230 Å². The number of carbonyl (C=O) groups excluding carboxylic acids is 1. The van der Waals surface area contributed by atoms with Crippen LogP contribution in [-0.2, 0) is 13.1 Å². The molecular formula is C32H37N3O2S. The minimum Gasteiger partial charge on any atom is -0.497 e. The molecular weight excluding hydrogens is 490 g/mol. The first-order valence-electron chi connectivity index (χ1n) is 13.3. The van der Waals surface area contributed by atoms with Gasteiger partial charge in [0.1, 0.15) is 16.5 Å². The average molecular weight is 528 g/mol. The summed E-state index contributed by atoms with van der Waals surface area (Å²) in [5, 5.41) is 5.84. The highest BCUT2D eigenvalue weighted by atomic mass is 32.1. The van der Waals surface area contributed by atoms with E-state index in [-0.39, 0.29) is 11.9 Å². The number of nitrogens with zero attached hydrogens (tertiary/aromatic N) is 2. The van der Waals surface area contributed by atoms with Gasteiger partial charge < -0.3 is 10.1 Å². The van der Waals surface area contributed by atoms with Crippen LogP contribution in [0.25, 0.3) is 0 Å². The molecule has 0 saturated heterocycles. The summed E-state index contributed by atoms with van der Waals surface area (Å²) in [7, 11) is 1.69. The Morgan fingerprint density at radius 2 is 1.58 bits per heavy atom. The van der Waals surface area contributed by atoms with E-state index in [0.717, 1.165) is 36.7 Å². The summed E-state index contributed by atoms with van der Waals surface area (Å²) in [5.41, 5.74) is 4.36. The molecule has 0 bridgehead atoms. The number of carbonyl (C=O) groups is 1. The van der Waals surface area contributed by atoms with Gasteiger partial charge in [0.2, 0.25) is 0 Å². The van der Waals surface area contributed by atoms with Crippen LogP contribution >= 0.6 is 11.3 Å². The molecule has 198 valence electrons. The van der Waals surface area contributed by atoms with E-state index < -0.39 is 0 Å². The molecule has 0 aliphatic carbocycles. The lowest BCUT2D eigenvalue weighted by atomic mass is 9.88. The first kappa shape index (κ1) is 27.6. The molecule has 4 rings (SSSR count). The van der Waals surface area contributed by atoms with Crippen LogP contribution in [0.15, 0.2) is 90.3 Å². The molecule has 5 nitrogen and oxygen atoms in total. The molecule has 3 aromatic carbocycles. The number of benzene rings is 3. The van der Waals surface area contributed by atoms with Crippen LogP contribution in [0.5, 0.6) is 5.75 Å². The van der Waals surface area contributed by atoms with Gasteiger partial charge >= 0.3 is 0 Å². The number of nitrogens with one attached hydrogen (secondary N) is 1. The van der Waals surface area contributed by atoms with Crippen LogP contribution < -0.4 is 10.1 Å². The van der Waals surface area contributed by atoms with E-state index in [1.807, 2.05) is 24.4 Å². The second kappa shape index (κ2) is 13.9. The van der Waals surface area contributed by atoms with Crippen molar-refractivity contribution < 1.29 is 9.53 Å². The molecule has 6 heteroatoms. The van der Waals surface area contributed by atoms with E-state index in [9.17, 15) is 4.79 Å². The number of hydrogen-bond acceptors (Lipinski definition) is 5. The minimum absolute atomic E-state index is 0.100. The third-order valence-corrected chi connectivity index (χ3v) is 7.67. The van der Waals surface area contributed by atoms with Crippen molar-refractivity contribution in [1.82, 2.24) is 15.2 Å². The Balaban J connectivity index is 1.53. The van der Waals surface area contributed by atoms with Gasteiger partial charge in [-0.1, -0.05) is 79.7 Å². The van der Waals surface area contributed by atoms with E-state index in [0.29, 0.717) is 18.2 Å². The van der Waals surface area contributed by atoms with E-state index in [1.54, 1.807) is 18.4 Å². The standard InChI is InChI=1S/C32H37N3O2S/c1-4-24(2)33-32(36)30-23-38-31(34-30)22-35(21-25-15-17-28(37-3)18-16-25)20-19-29(26-11-7-5-8-12-26)27-13-9-6-10-14-27/h5-18,23-24,29H,4,19-22H2,1-3H3,(H,33,36). The predicted octanol–water partition coefficient (Wildman–Crippen LogP) is 6.90. The van der Waals surface area contributed by atoms with E-state index in [4.69, 9.17) is 9.72 Å². The Kier molecular flexibility index (Phi) is 10.1. The lowest BCUT2D eigenvalue weighted by molar-refractivity contribution is 0.0934. The molecule has 1 atom stereocenters. The van der Waals surface area contributed by atoms with Crippen LogP contribution in [-0.4, -0.2) is 35.5 Å². The maximum atomic E-state index is 12.6. The maximum Gasteiger partial charge on any atom is 0.270 e.